The van der Waals surface area contributed by atoms with Gasteiger partial charge in [-0.3, -0.25) is 0 Å². The van der Waals surface area contributed by atoms with Gasteiger partial charge in [0.25, 0.3) is 0 Å². The number of benzene rings is 2. The summed E-state index contributed by atoms with van der Waals surface area (Å²) in [5, 5.41) is 15.1. The normalized spacial score (nSPS) is 14.0. The van der Waals surface area contributed by atoms with Gasteiger partial charge in [0.2, 0.25) is 5.95 Å². The van der Waals surface area contributed by atoms with E-state index in [0.717, 1.165) is 26.2 Å². The van der Waals surface area contributed by atoms with Gasteiger partial charge in [-0.05, 0) is 61.5 Å². The van der Waals surface area contributed by atoms with Crippen LogP contribution in [-0.4, -0.2) is 54.3 Å². The fourth-order valence-electron chi connectivity index (χ4n) is 3.97. The molecule has 7 nitrogen and oxygen atoms in total. The predicted octanol–water partition coefficient (Wildman–Crippen LogP) is 5.14. The maximum Gasteiger partial charge on any atom is 0.416 e. The van der Waals surface area contributed by atoms with Crippen molar-refractivity contribution in [2.45, 2.75) is 25.8 Å². The van der Waals surface area contributed by atoms with Crippen molar-refractivity contribution in [3.05, 3.63) is 76.2 Å². The summed E-state index contributed by atoms with van der Waals surface area (Å²) in [7, 11) is 1.44. The smallest absolute Gasteiger partial charge is 0.416 e. The van der Waals surface area contributed by atoms with E-state index in [4.69, 9.17) is 0 Å². The van der Waals surface area contributed by atoms with Crippen LogP contribution >= 0.6 is 0 Å². The lowest BCUT2D eigenvalue weighted by Gasteiger charge is -2.27. The Bertz CT molecular complexity index is 1310. The van der Waals surface area contributed by atoms with E-state index < -0.39 is 29.4 Å². The van der Waals surface area contributed by atoms with Crippen LogP contribution in [0.4, 0.5) is 36.7 Å². The third kappa shape index (κ3) is 7.88. The molecule has 1 aliphatic heterocycles. The number of halogens is 7. The van der Waals surface area contributed by atoms with Gasteiger partial charge in [0.15, 0.2) is 0 Å². The number of nitrogens with one attached hydrogen (secondary N) is 2. The SMILES string of the molecule is CNCc1cc(C(F)(F)F)cc(C(F)(F)F)c1.Cc1cc(F)ccc1-c1nc(N2CCNCC2)ncc1C(=O)O. The van der Waals surface area contributed by atoms with Gasteiger partial charge in [0.05, 0.1) is 16.8 Å². The molecule has 1 fully saturated rings. The summed E-state index contributed by atoms with van der Waals surface area (Å²) in [5.74, 6) is -0.967. The molecule has 0 saturated carbocycles. The third-order valence-corrected chi connectivity index (χ3v) is 5.88. The summed E-state index contributed by atoms with van der Waals surface area (Å²) in [6, 6.07) is 5.74. The molecule has 0 amide bonds. The van der Waals surface area contributed by atoms with Crippen molar-refractivity contribution < 1.29 is 40.6 Å². The van der Waals surface area contributed by atoms with Crippen molar-refractivity contribution in [1.82, 2.24) is 20.6 Å². The number of hydrogen-bond acceptors (Lipinski definition) is 6. The summed E-state index contributed by atoms with van der Waals surface area (Å²) < 4.78 is 87.7. The fraction of sp³-hybridized carbons (Fsp3) is 0.346. The molecule has 0 aliphatic carbocycles. The number of rotatable bonds is 5. The van der Waals surface area contributed by atoms with Crippen molar-refractivity contribution in [1.29, 1.82) is 0 Å². The van der Waals surface area contributed by atoms with Crippen molar-refractivity contribution in [3.8, 4) is 11.3 Å². The molecule has 4 rings (SSSR count). The van der Waals surface area contributed by atoms with Gasteiger partial charge in [-0.2, -0.15) is 26.3 Å². The zero-order valence-corrected chi connectivity index (χ0v) is 21.4. The van der Waals surface area contributed by atoms with Gasteiger partial charge in [-0.25, -0.2) is 19.2 Å². The molecule has 0 unspecified atom stereocenters. The molecule has 2 heterocycles. The summed E-state index contributed by atoms with van der Waals surface area (Å²) in [5.41, 5.74) is -1.08. The Kier molecular flexibility index (Phi) is 9.69. The van der Waals surface area contributed by atoms with E-state index in [-0.39, 0.29) is 29.6 Å². The van der Waals surface area contributed by atoms with Crippen LogP contribution in [0, 0.1) is 12.7 Å². The lowest BCUT2D eigenvalue weighted by atomic mass is 10.0. The number of carbonyl (C=O) groups is 1. The molecule has 40 heavy (non-hydrogen) atoms. The van der Waals surface area contributed by atoms with E-state index in [1.165, 1.54) is 25.4 Å². The maximum absolute atomic E-state index is 13.3. The Hall–Kier alpha value is -3.78. The quantitative estimate of drug-likeness (QED) is 0.364. The van der Waals surface area contributed by atoms with E-state index in [2.05, 4.69) is 20.6 Å². The molecule has 0 atom stereocenters. The van der Waals surface area contributed by atoms with Crippen LogP contribution in [0.3, 0.4) is 0 Å². The van der Waals surface area contributed by atoms with Gasteiger partial charge in [0, 0.05) is 44.5 Å². The number of nitrogens with zero attached hydrogens (tertiary/aromatic N) is 3. The first kappa shape index (κ1) is 30.8. The van der Waals surface area contributed by atoms with E-state index in [9.17, 15) is 40.6 Å². The van der Waals surface area contributed by atoms with Crippen LogP contribution < -0.4 is 15.5 Å². The molecule has 1 saturated heterocycles. The first-order chi connectivity index (χ1) is 18.7. The molecule has 1 aliphatic rings. The second-order valence-corrected chi connectivity index (χ2v) is 8.88. The molecule has 3 N–H and O–H groups in total. The Balaban J connectivity index is 0.000000232. The maximum atomic E-state index is 13.3. The second-order valence-electron chi connectivity index (χ2n) is 8.88. The molecule has 216 valence electrons. The number of aromatic nitrogens is 2. The van der Waals surface area contributed by atoms with Crippen LogP contribution in [0.2, 0.25) is 0 Å². The lowest BCUT2D eigenvalue weighted by Crippen LogP contribution is -2.44. The van der Waals surface area contributed by atoms with Crippen LogP contribution in [-0.2, 0) is 18.9 Å². The van der Waals surface area contributed by atoms with E-state index >= 15 is 0 Å². The molecule has 0 bridgehead atoms. The van der Waals surface area contributed by atoms with Crippen LogP contribution in [0.15, 0.2) is 42.6 Å². The third-order valence-electron chi connectivity index (χ3n) is 5.88. The summed E-state index contributed by atoms with van der Waals surface area (Å²) in [4.78, 5) is 22.1. The highest BCUT2D eigenvalue weighted by atomic mass is 19.4. The topological polar surface area (TPSA) is 90.4 Å². The predicted molar refractivity (Wildman–Crippen MR) is 133 cm³/mol. The van der Waals surface area contributed by atoms with Crippen LogP contribution in [0.25, 0.3) is 11.3 Å². The fourth-order valence-corrected chi connectivity index (χ4v) is 3.97. The van der Waals surface area contributed by atoms with Gasteiger partial charge in [0.1, 0.15) is 11.4 Å². The minimum Gasteiger partial charge on any atom is -0.478 e. The highest BCUT2D eigenvalue weighted by Gasteiger charge is 2.36. The molecule has 2 aromatic carbocycles. The first-order valence-electron chi connectivity index (χ1n) is 12.0. The summed E-state index contributed by atoms with van der Waals surface area (Å²) in [6.07, 6.45) is -8.25. The standard InChI is InChI=1S/C16H17FN4O2.C10H9F6N/c1-10-8-11(17)2-3-12(10)14-13(15(22)23)9-19-16(20-14)21-6-4-18-5-7-21;1-17-5-6-2-7(9(11,12)13)4-8(3-6)10(14,15)16/h2-3,8-9,18H,4-7H2,1H3,(H,22,23);2-4,17H,5H2,1H3. The highest BCUT2D eigenvalue weighted by Crippen LogP contribution is 2.36. The Labute approximate surface area is 225 Å². The monoisotopic (exact) mass is 573 g/mol. The zero-order valence-electron chi connectivity index (χ0n) is 21.4. The lowest BCUT2D eigenvalue weighted by molar-refractivity contribution is -0.143. The zero-order chi connectivity index (χ0) is 29.7. The van der Waals surface area contributed by atoms with E-state index in [1.54, 1.807) is 13.0 Å². The Morgan fingerprint density at radius 2 is 1.62 bits per heavy atom. The number of aryl methyl sites for hydroxylation is 1. The molecular weight excluding hydrogens is 547 g/mol. The van der Waals surface area contributed by atoms with Crippen LogP contribution in [0.1, 0.15) is 32.6 Å². The molecule has 14 heteroatoms. The van der Waals surface area contributed by atoms with Gasteiger partial charge in [-0.1, -0.05) is 0 Å². The minimum atomic E-state index is -4.79. The number of alkyl halides is 6. The largest absolute Gasteiger partial charge is 0.478 e. The van der Waals surface area contributed by atoms with Gasteiger partial charge >= 0.3 is 18.3 Å². The van der Waals surface area contributed by atoms with E-state index in [0.29, 0.717) is 34.9 Å². The second kappa shape index (κ2) is 12.6. The van der Waals surface area contributed by atoms with Crippen LogP contribution in [0.5, 0.6) is 0 Å². The van der Waals surface area contributed by atoms with Crippen molar-refractivity contribution >= 4 is 11.9 Å². The minimum absolute atomic E-state index is 0.0126. The number of aromatic carboxylic acids is 1. The average molecular weight is 574 g/mol. The number of carboxylic acids is 1. The number of piperazine rings is 1. The molecule has 0 spiro atoms. The molecule has 3 aromatic rings. The number of anilines is 1. The van der Waals surface area contributed by atoms with Gasteiger partial charge in [-0.15, -0.1) is 0 Å². The highest BCUT2D eigenvalue weighted by molar-refractivity contribution is 5.95. The number of carboxylic acid groups (broad SMARTS) is 1. The molecule has 1 aromatic heterocycles. The first-order valence-corrected chi connectivity index (χ1v) is 12.0. The van der Waals surface area contributed by atoms with Crippen molar-refractivity contribution in [2.75, 3.05) is 38.1 Å². The molecule has 0 radical (unpaired) electrons. The Morgan fingerprint density at radius 3 is 2.12 bits per heavy atom. The molecular formula is C26H26F7N5O2. The summed E-state index contributed by atoms with van der Waals surface area (Å²) in [6.45, 7) is 4.84. The number of hydrogen-bond donors (Lipinski definition) is 3. The Morgan fingerprint density at radius 1 is 1.02 bits per heavy atom. The van der Waals surface area contributed by atoms with E-state index in [1.807, 2.05) is 4.90 Å². The van der Waals surface area contributed by atoms with Crippen molar-refractivity contribution in [2.24, 2.45) is 0 Å². The summed E-state index contributed by atoms with van der Waals surface area (Å²) >= 11 is 0. The van der Waals surface area contributed by atoms with Gasteiger partial charge < -0.3 is 20.6 Å². The van der Waals surface area contributed by atoms with Crippen molar-refractivity contribution in [3.63, 3.8) is 0 Å². The average Bonchev–Trinajstić information content (AvgIpc) is 2.88.